The predicted octanol–water partition coefficient (Wildman–Crippen LogP) is 1.06. The van der Waals surface area contributed by atoms with Crippen molar-refractivity contribution in [1.29, 1.82) is 0 Å². The molecule has 0 spiro atoms. The summed E-state index contributed by atoms with van der Waals surface area (Å²) in [7, 11) is -3.55. The van der Waals surface area contributed by atoms with Crippen LogP contribution < -0.4 is 10.5 Å². The maximum Gasteiger partial charge on any atom is 0.232 e. The maximum atomic E-state index is 12.8. The van der Waals surface area contributed by atoms with Crippen LogP contribution in [0, 0.1) is 11.6 Å². The first kappa shape index (κ1) is 12.9. The molecule has 0 aromatic heterocycles. The lowest BCUT2D eigenvalue weighted by molar-refractivity contribution is 0.509. The van der Waals surface area contributed by atoms with Crippen LogP contribution in [-0.4, -0.2) is 20.7 Å². The predicted molar refractivity (Wildman–Crippen MR) is 57.4 cm³/mol. The molecule has 1 rings (SSSR count). The van der Waals surface area contributed by atoms with E-state index in [1.165, 1.54) is 0 Å². The van der Waals surface area contributed by atoms with E-state index in [0.717, 1.165) is 18.2 Å². The van der Waals surface area contributed by atoms with Crippen molar-refractivity contribution in [2.24, 2.45) is 5.73 Å². The van der Waals surface area contributed by atoms with Crippen LogP contribution in [-0.2, 0) is 10.0 Å². The van der Waals surface area contributed by atoms with Gasteiger partial charge in [-0.3, -0.25) is 4.72 Å². The molecule has 0 bridgehead atoms. The lowest BCUT2D eigenvalue weighted by Crippen LogP contribution is -2.19. The lowest BCUT2D eigenvalue weighted by Gasteiger charge is -2.07. The number of benzene rings is 1. The molecule has 0 aliphatic rings. The number of rotatable bonds is 5. The second-order valence-corrected chi connectivity index (χ2v) is 5.03. The van der Waals surface area contributed by atoms with Gasteiger partial charge in [-0.2, -0.15) is 0 Å². The van der Waals surface area contributed by atoms with E-state index in [0.29, 0.717) is 6.42 Å². The number of anilines is 1. The Hall–Kier alpha value is -1.21. The quantitative estimate of drug-likeness (QED) is 0.820. The van der Waals surface area contributed by atoms with Crippen LogP contribution >= 0.6 is 0 Å². The average Bonchev–Trinajstić information content (AvgIpc) is 2.20. The Kier molecular flexibility index (Phi) is 4.19. The molecule has 4 nitrogen and oxygen atoms in total. The molecule has 0 heterocycles. The van der Waals surface area contributed by atoms with Crippen molar-refractivity contribution in [3.05, 3.63) is 29.8 Å². The lowest BCUT2D eigenvalue weighted by atomic mass is 10.3. The topological polar surface area (TPSA) is 72.2 Å². The zero-order chi connectivity index (χ0) is 12.2. The highest BCUT2D eigenvalue weighted by Gasteiger charge is 2.11. The fraction of sp³-hybridized carbons (Fsp3) is 0.333. The molecule has 0 amide bonds. The average molecular weight is 250 g/mol. The fourth-order valence-electron chi connectivity index (χ4n) is 1.06. The molecule has 0 atom stereocenters. The summed E-state index contributed by atoms with van der Waals surface area (Å²) in [5, 5.41) is 0. The van der Waals surface area contributed by atoms with Crippen LogP contribution in [0.15, 0.2) is 18.2 Å². The molecule has 7 heteroatoms. The smallest absolute Gasteiger partial charge is 0.232 e. The molecule has 90 valence electrons. The molecule has 0 radical (unpaired) electrons. The van der Waals surface area contributed by atoms with Gasteiger partial charge in [-0.15, -0.1) is 0 Å². The second kappa shape index (κ2) is 5.22. The summed E-state index contributed by atoms with van der Waals surface area (Å²) in [5.74, 6) is -2.27. The van der Waals surface area contributed by atoms with E-state index in [1.807, 2.05) is 0 Å². The standard InChI is InChI=1S/C9H12F2N2O2S/c10-8-3-2-7(6-9(8)11)13-16(14,15)5-1-4-12/h2-3,6,13H,1,4-5,12H2. The van der Waals surface area contributed by atoms with Gasteiger partial charge in [0.1, 0.15) is 0 Å². The highest BCUT2D eigenvalue weighted by Crippen LogP contribution is 2.14. The molecular formula is C9H12F2N2O2S. The Balaban J connectivity index is 2.76. The second-order valence-electron chi connectivity index (χ2n) is 3.19. The normalized spacial score (nSPS) is 11.4. The summed E-state index contributed by atoms with van der Waals surface area (Å²) >= 11 is 0. The van der Waals surface area contributed by atoms with Gasteiger partial charge in [0.25, 0.3) is 0 Å². The molecule has 0 fully saturated rings. The van der Waals surface area contributed by atoms with Gasteiger partial charge in [0, 0.05) is 6.07 Å². The van der Waals surface area contributed by atoms with Crippen LogP contribution in [0.25, 0.3) is 0 Å². The summed E-state index contributed by atoms with van der Waals surface area (Å²) in [4.78, 5) is 0. The number of halogens is 2. The minimum Gasteiger partial charge on any atom is -0.330 e. The van der Waals surface area contributed by atoms with E-state index in [4.69, 9.17) is 5.73 Å². The van der Waals surface area contributed by atoms with Crippen LogP contribution in [0.1, 0.15) is 6.42 Å². The third-order valence-electron chi connectivity index (χ3n) is 1.81. The molecular weight excluding hydrogens is 238 g/mol. The molecule has 0 saturated heterocycles. The van der Waals surface area contributed by atoms with Crippen molar-refractivity contribution in [3.8, 4) is 0 Å². The minimum absolute atomic E-state index is 0.00378. The Morgan fingerprint density at radius 2 is 1.94 bits per heavy atom. The number of nitrogens with two attached hydrogens (primary N) is 1. The van der Waals surface area contributed by atoms with Crippen LogP contribution in [0.4, 0.5) is 14.5 Å². The minimum atomic E-state index is -3.55. The van der Waals surface area contributed by atoms with Crippen molar-refractivity contribution in [2.45, 2.75) is 6.42 Å². The summed E-state index contributed by atoms with van der Waals surface area (Å²) in [6.07, 6.45) is 0.305. The van der Waals surface area contributed by atoms with E-state index in [2.05, 4.69) is 4.72 Å². The SMILES string of the molecule is NCCCS(=O)(=O)Nc1ccc(F)c(F)c1. The first-order chi connectivity index (χ1) is 7.44. The molecule has 0 unspecified atom stereocenters. The van der Waals surface area contributed by atoms with Crippen molar-refractivity contribution in [3.63, 3.8) is 0 Å². The summed E-state index contributed by atoms with van der Waals surface area (Å²) in [5.41, 5.74) is 5.17. The summed E-state index contributed by atoms with van der Waals surface area (Å²) in [6, 6.07) is 2.80. The Morgan fingerprint density at radius 3 is 2.50 bits per heavy atom. The first-order valence-electron chi connectivity index (χ1n) is 4.60. The van der Waals surface area contributed by atoms with Crippen LogP contribution in [0.5, 0.6) is 0 Å². The molecule has 16 heavy (non-hydrogen) atoms. The third-order valence-corrected chi connectivity index (χ3v) is 3.18. The van der Waals surface area contributed by atoms with Gasteiger partial charge in [0.15, 0.2) is 11.6 Å². The van der Waals surface area contributed by atoms with Crippen LogP contribution in [0.3, 0.4) is 0 Å². The molecule has 0 aliphatic heterocycles. The van der Waals surface area contributed by atoms with Crippen molar-refractivity contribution in [1.82, 2.24) is 0 Å². The van der Waals surface area contributed by atoms with E-state index in [1.54, 1.807) is 0 Å². The van der Waals surface area contributed by atoms with Gasteiger partial charge in [-0.1, -0.05) is 0 Å². The summed E-state index contributed by atoms with van der Waals surface area (Å²) in [6.45, 7) is 0.249. The maximum absolute atomic E-state index is 12.8. The van der Waals surface area contributed by atoms with Gasteiger partial charge in [0.05, 0.1) is 11.4 Å². The highest BCUT2D eigenvalue weighted by molar-refractivity contribution is 7.92. The first-order valence-corrected chi connectivity index (χ1v) is 6.25. The number of nitrogens with one attached hydrogen (secondary N) is 1. The molecule has 1 aromatic rings. The van der Waals surface area contributed by atoms with E-state index in [-0.39, 0.29) is 18.0 Å². The van der Waals surface area contributed by atoms with Gasteiger partial charge < -0.3 is 5.73 Å². The Bertz CT molecular complexity index is 463. The number of hydrogen-bond donors (Lipinski definition) is 2. The van der Waals surface area contributed by atoms with Crippen LogP contribution in [0.2, 0.25) is 0 Å². The highest BCUT2D eigenvalue weighted by atomic mass is 32.2. The Morgan fingerprint density at radius 1 is 1.25 bits per heavy atom. The largest absolute Gasteiger partial charge is 0.330 e. The molecule has 0 aliphatic carbocycles. The molecule has 1 aromatic carbocycles. The van der Waals surface area contributed by atoms with E-state index in [9.17, 15) is 17.2 Å². The Labute approximate surface area is 92.5 Å². The number of hydrogen-bond acceptors (Lipinski definition) is 3. The zero-order valence-corrected chi connectivity index (χ0v) is 9.23. The van der Waals surface area contributed by atoms with Gasteiger partial charge >= 0.3 is 0 Å². The fourth-order valence-corrected chi connectivity index (χ4v) is 2.20. The van der Waals surface area contributed by atoms with E-state index >= 15 is 0 Å². The summed E-state index contributed by atoms with van der Waals surface area (Å²) < 4.78 is 50.2. The zero-order valence-electron chi connectivity index (χ0n) is 8.41. The number of sulfonamides is 1. The van der Waals surface area contributed by atoms with E-state index < -0.39 is 21.7 Å². The molecule has 3 N–H and O–H groups in total. The third kappa shape index (κ3) is 3.74. The van der Waals surface area contributed by atoms with Crippen molar-refractivity contribution >= 4 is 15.7 Å². The van der Waals surface area contributed by atoms with Gasteiger partial charge in [-0.25, -0.2) is 17.2 Å². The van der Waals surface area contributed by atoms with Crippen molar-refractivity contribution in [2.75, 3.05) is 17.0 Å². The van der Waals surface area contributed by atoms with Gasteiger partial charge in [-0.05, 0) is 25.1 Å². The molecule has 0 saturated carbocycles. The van der Waals surface area contributed by atoms with Gasteiger partial charge in [0.2, 0.25) is 10.0 Å². The monoisotopic (exact) mass is 250 g/mol. The van der Waals surface area contributed by atoms with Crippen molar-refractivity contribution < 1.29 is 17.2 Å².